The zero-order chi connectivity index (χ0) is 19.0. The van der Waals surface area contributed by atoms with E-state index in [1.54, 1.807) is 30.7 Å². The number of aromatic hydroxyl groups is 1. The van der Waals surface area contributed by atoms with Crippen molar-refractivity contribution in [1.29, 1.82) is 0 Å². The molecule has 0 amide bonds. The Balaban J connectivity index is 2.00. The van der Waals surface area contributed by atoms with Gasteiger partial charge in [0.15, 0.2) is 5.78 Å². The van der Waals surface area contributed by atoms with Crippen molar-refractivity contribution in [2.24, 2.45) is 7.05 Å². The molecule has 3 aromatic rings. The van der Waals surface area contributed by atoms with Crippen LogP contribution in [0.15, 0.2) is 30.3 Å². The van der Waals surface area contributed by atoms with E-state index in [0.29, 0.717) is 22.4 Å². The first-order valence-electron chi connectivity index (χ1n) is 8.31. The monoisotopic (exact) mass is 352 g/mol. The number of aromatic carboxylic acids is 1. The van der Waals surface area contributed by atoms with Crippen LogP contribution >= 0.6 is 0 Å². The van der Waals surface area contributed by atoms with E-state index in [4.69, 9.17) is 0 Å². The first kappa shape index (κ1) is 17.7. The highest BCUT2D eigenvalue weighted by molar-refractivity contribution is 5.99. The number of ketones is 1. The van der Waals surface area contributed by atoms with Gasteiger partial charge in [-0.25, -0.2) is 9.78 Å². The number of carboxylic acids is 1. The number of benzene rings is 2. The van der Waals surface area contributed by atoms with Crippen molar-refractivity contribution >= 4 is 22.8 Å². The second kappa shape index (κ2) is 6.63. The van der Waals surface area contributed by atoms with Gasteiger partial charge >= 0.3 is 5.97 Å². The number of aryl methyl sites for hydroxylation is 3. The topological polar surface area (TPSA) is 92.4 Å². The number of fused-ring (bicyclic) bond motifs is 1. The highest BCUT2D eigenvalue weighted by Gasteiger charge is 2.22. The quantitative estimate of drug-likeness (QED) is 0.687. The molecule has 6 heteroatoms. The van der Waals surface area contributed by atoms with Crippen molar-refractivity contribution in [3.8, 4) is 5.75 Å². The van der Waals surface area contributed by atoms with E-state index in [-0.39, 0.29) is 35.5 Å². The van der Waals surface area contributed by atoms with Crippen molar-refractivity contribution in [2.45, 2.75) is 26.7 Å². The van der Waals surface area contributed by atoms with E-state index in [2.05, 4.69) is 4.98 Å². The highest BCUT2D eigenvalue weighted by Crippen LogP contribution is 2.33. The van der Waals surface area contributed by atoms with Gasteiger partial charge in [0.2, 0.25) is 0 Å². The van der Waals surface area contributed by atoms with Gasteiger partial charge in [-0.2, -0.15) is 0 Å². The Labute approximate surface area is 150 Å². The Morgan fingerprint density at radius 2 is 1.85 bits per heavy atom. The average Bonchev–Trinajstić information content (AvgIpc) is 2.89. The summed E-state index contributed by atoms with van der Waals surface area (Å²) in [5.41, 5.74) is 2.62. The van der Waals surface area contributed by atoms with E-state index >= 15 is 0 Å². The Bertz CT molecular complexity index is 1030. The number of nitrogens with zero attached hydrogens (tertiary/aromatic N) is 2. The molecule has 26 heavy (non-hydrogen) atoms. The molecule has 6 nitrogen and oxygen atoms in total. The summed E-state index contributed by atoms with van der Waals surface area (Å²) in [6, 6.07) is 8.77. The van der Waals surface area contributed by atoms with Gasteiger partial charge in [-0.05, 0) is 31.9 Å². The number of hydrogen-bond acceptors (Lipinski definition) is 4. The lowest BCUT2D eigenvalue weighted by Crippen LogP contribution is -2.08. The van der Waals surface area contributed by atoms with Crippen molar-refractivity contribution in [2.75, 3.05) is 0 Å². The number of imidazole rings is 1. The molecule has 0 unspecified atom stereocenters. The first-order valence-corrected chi connectivity index (χ1v) is 8.31. The predicted molar refractivity (Wildman–Crippen MR) is 97.9 cm³/mol. The number of phenols is 1. The standard InChI is InChI=1S/C20H20N2O4/c1-11-6-4-5-7-13(11)17(23)9-8-14-15(20(25)26)10-16-18(19(14)24)21-12(2)22(16)3/h4-7,10,24H,8-9H2,1-3H3,(H,25,26). The number of phenolic OH excluding ortho intramolecular Hbond substituents is 1. The molecule has 134 valence electrons. The van der Waals surface area contributed by atoms with Crippen LogP contribution < -0.4 is 0 Å². The smallest absolute Gasteiger partial charge is 0.336 e. The minimum atomic E-state index is -1.14. The second-order valence-electron chi connectivity index (χ2n) is 6.38. The number of Topliss-reactive ketones (excluding diaryl/α,β-unsaturated/α-hetero) is 1. The normalized spacial score (nSPS) is 11.0. The molecule has 0 spiro atoms. The van der Waals surface area contributed by atoms with Crippen LogP contribution in [0.5, 0.6) is 5.75 Å². The largest absolute Gasteiger partial charge is 0.505 e. The van der Waals surface area contributed by atoms with Crippen LogP contribution in [-0.4, -0.2) is 31.5 Å². The predicted octanol–water partition coefficient (Wildman–Crippen LogP) is 3.41. The molecule has 0 aliphatic carbocycles. The maximum atomic E-state index is 12.5. The van der Waals surface area contributed by atoms with Crippen molar-refractivity contribution < 1.29 is 19.8 Å². The molecule has 0 bridgehead atoms. The maximum Gasteiger partial charge on any atom is 0.336 e. The molecule has 0 aliphatic rings. The second-order valence-corrected chi connectivity index (χ2v) is 6.38. The Hall–Kier alpha value is -3.15. The molecule has 0 aliphatic heterocycles. The highest BCUT2D eigenvalue weighted by atomic mass is 16.4. The summed E-state index contributed by atoms with van der Waals surface area (Å²) >= 11 is 0. The van der Waals surface area contributed by atoms with Gasteiger partial charge in [0.05, 0.1) is 11.1 Å². The lowest BCUT2D eigenvalue weighted by atomic mass is 9.95. The lowest BCUT2D eigenvalue weighted by Gasteiger charge is -2.10. The summed E-state index contributed by atoms with van der Waals surface area (Å²) < 4.78 is 1.73. The van der Waals surface area contributed by atoms with Crippen molar-refractivity contribution in [3.05, 3.63) is 58.4 Å². The molecule has 0 fully saturated rings. The third-order valence-corrected chi connectivity index (χ3v) is 4.76. The van der Waals surface area contributed by atoms with Crippen LogP contribution in [0.4, 0.5) is 0 Å². The molecule has 0 atom stereocenters. The minimum absolute atomic E-state index is 0.00409. The van der Waals surface area contributed by atoms with Crippen LogP contribution in [0.25, 0.3) is 11.0 Å². The average molecular weight is 352 g/mol. The fourth-order valence-corrected chi connectivity index (χ4v) is 3.16. The molecule has 3 rings (SSSR count). The molecule has 2 aromatic carbocycles. The Morgan fingerprint density at radius 3 is 2.50 bits per heavy atom. The van der Waals surface area contributed by atoms with Crippen LogP contribution in [-0.2, 0) is 13.5 Å². The Kier molecular flexibility index (Phi) is 4.50. The van der Waals surface area contributed by atoms with Crippen LogP contribution in [0, 0.1) is 13.8 Å². The van der Waals surface area contributed by atoms with Gasteiger partial charge in [0, 0.05) is 24.6 Å². The number of hydrogen-bond donors (Lipinski definition) is 2. The summed E-state index contributed by atoms with van der Waals surface area (Å²) in [5.74, 6) is -0.725. The van der Waals surface area contributed by atoms with Crippen LogP contribution in [0.3, 0.4) is 0 Å². The minimum Gasteiger partial charge on any atom is -0.505 e. The van der Waals surface area contributed by atoms with Gasteiger partial charge in [-0.15, -0.1) is 0 Å². The zero-order valence-corrected chi connectivity index (χ0v) is 14.9. The number of aromatic nitrogens is 2. The summed E-state index contributed by atoms with van der Waals surface area (Å²) in [5, 5.41) is 20.2. The molecule has 1 heterocycles. The molecule has 1 aromatic heterocycles. The number of rotatable bonds is 5. The molecule has 0 saturated carbocycles. The van der Waals surface area contributed by atoms with Crippen molar-refractivity contribution in [3.63, 3.8) is 0 Å². The zero-order valence-electron chi connectivity index (χ0n) is 14.9. The van der Waals surface area contributed by atoms with Gasteiger partial charge in [0.1, 0.15) is 17.1 Å². The summed E-state index contributed by atoms with van der Waals surface area (Å²) in [6.07, 6.45) is 0.238. The lowest BCUT2D eigenvalue weighted by molar-refractivity contribution is 0.0694. The number of carboxylic acid groups (broad SMARTS) is 1. The summed E-state index contributed by atoms with van der Waals surface area (Å²) in [4.78, 5) is 28.5. The summed E-state index contributed by atoms with van der Waals surface area (Å²) in [6.45, 7) is 3.64. The van der Waals surface area contributed by atoms with Gasteiger partial charge < -0.3 is 14.8 Å². The van der Waals surface area contributed by atoms with E-state index in [1.165, 1.54) is 6.07 Å². The number of carbonyl (C=O) groups excluding carboxylic acids is 1. The van der Waals surface area contributed by atoms with Gasteiger partial charge in [-0.3, -0.25) is 4.79 Å². The SMILES string of the molecule is Cc1ccccc1C(=O)CCc1c(C(=O)O)cc2c(nc(C)n2C)c1O. The van der Waals surface area contributed by atoms with Crippen LogP contribution in [0.1, 0.15) is 44.1 Å². The maximum absolute atomic E-state index is 12.5. The molecular formula is C20H20N2O4. The van der Waals surface area contributed by atoms with Crippen molar-refractivity contribution in [1.82, 2.24) is 9.55 Å². The van der Waals surface area contributed by atoms with Crippen LogP contribution in [0.2, 0.25) is 0 Å². The molecular weight excluding hydrogens is 332 g/mol. The van der Waals surface area contributed by atoms with E-state index < -0.39 is 5.97 Å². The molecule has 0 radical (unpaired) electrons. The van der Waals surface area contributed by atoms with E-state index in [0.717, 1.165) is 5.56 Å². The third kappa shape index (κ3) is 2.94. The van der Waals surface area contributed by atoms with Gasteiger partial charge in [-0.1, -0.05) is 24.3 Å². The third-order valence-electron chi connectivity index (χ3n) is 4.76. The molecule has 0 saturated heterocycles. The van der Waals surface area contributed by atoms with Gasteiger partial charge in [0.25, 0.3) is 0 Å². The fraction of sp³-hybridized carbons (Fsp3) is 0.250. The van der Waals surface area contributed by atoms with E-state index in [9.17, 15) is 19.8 Å². The van der Waals surface area contributed by atoms with E-state index in [1.807, 2.05) is 19.1 Å². The molecule has 2 N–H and O–H groups in total. The fourth-order valence-electron chi connectivity index (χ4n) is 3.16. The first-order chi connectivity index (χ1) is 12.3. The Morgan fingerprint density at radius 1 is 1.15 bits per heavy atom. The number of carbonyl (C=O) groups is 2. The summed E-state index contributed by atoms with van der Waals surface area (Å²) in [7, 11) is 1.76.